The lowest BCUT2D eigenvalue weighted by Gasteiger charge is -2.14. The van der Waals surface area contributed by atoms with Gasteiger partial charge in [-0.1, -0.05) is 36.4 Å². The molecular formula is C27H20N8O9S. The minimum Gasteiger partial charge on any atom is -0.505 e. The molecule has 0 aliphatic carbocycles. The van der Waals surface area contributed by atoms with Crippen molar-refractivity contribution in [3.63, 3.8) is 0 Å². The average Bonchev–Trinajstić information content (AvgIpc) is 3.00. The number of para-hydroxylation sites is 1. The molecular weight excluding hydrogens is 612 g/mol. The van der Waals surface area contributed by atoms with Crippen molar-refractivity contribution in [3.05, 3.63) is 83.9 Å². The van der Waals surface area contributed by atoms with Crippen LogP contribution in [0.25, 0.3) is 10.8 Å². The number of rotatable bonds is 10. The first kappa shape index (κ1) is 30.2. The molecule has 0 bridgehead atoms. The molecule has 18 heteroatoms. The van der Waals surface area contributed by atoms with Gasteiger partial charge in [-0.25, -0.2) is 9.59 Å². The SMILES string of the molecule is NOS(=O)(=O)c1cc2cccc(Nc3nc(O)nc(Nc4ccccc4C(=O)O)n3)c2c(O)c1N=Nc1ccccc1C(=O)O. The largest absolute Gasteiger partial charge is 0.505 e. The first-order valence-corrected chi connectivity index (χ1v) is 13.9. The Morgan fingerprint density at radius 2 is 1.38 bits per heavy atom. The topological polar surface area (TPSA) is 272 Å². The Morgan fingerprint density at radius 3 is 2.04 bits per heavy atom. The van der Waals surface area contributed by atoms with Crippen molar-refractivity contribution in [1.29, 1.82) is 0 Å². The summed E-state index contributed by atoms with van der Waals surface area (Å²) in [5.41, 5.74) is -0.891. The molecule has 228 valence electrons. The van der Waals surface area contributed by atoms with Crippen LogP contribution in [0.3, 0.4) is 0 Å². The minimum absolute atomic E-state index is 0.0143. The van der Waals surface area contributed by atoms with Crippen LogP contribution in [0.2, 0.25) is 0 Å². The normalized spacial score (nSPS) is 11.5. The summed E-state index contributed by atoms with van der Waals surface area (Å²) in [6.45, 7) is 0. The number of aromatic carboxylic acids is 2. The molecule has 0 aliphatic rings. The van der Waals surface area contributed by atoms with Gasteiger partial charge in [0.2, 0.25) is 11.9 Å². The van der Waals surface area contributed by atoms with E-state index >= 15 is 0 Å². The molecule has 5 aromatic rings. The number of aromatic nitrogens is 3. The van der Waals surface area contributed by atoms with E-state index in [-0.39, 0.29) is 50.9 Å². The van der Waals surface area contributed by atoms with Gasteiger partial charge in [0.1, 0.15) is 16.3 Å². The van der Waals surface area contributed by atoms with Gasteiger partial charge in [0.15, 0.2) is 5.75 Å². The Labute approximate surface area is 252 Å². The Morgan fingerprint density at radius 1 is 0.778 bits per heavy atom. The van der Waals surface area contributed by atoms with Crippen LogP contribution in [0.5, 0.6) is 11.8 Å². The van der Waals surface area contributed by atoms with Crippen LogP contribution in [-0.4, -0.2) is 55.7 Å². The summed E-state index contributed by atoms with van der Waals surface area (Å²) in [7, 11) is -4.68. The number of hydrogen-bond acceptors (Lipinski definition) is 15. The van der Waals surface area contributed by atoms with E-state index < -0.39 is 44.4 Å². The van der Waals surface area contributed by atoms with Crippen LogP contribution in [0, 0.1) is 0 Å². The second-order valence-corrected chi connectivity index (χ2v) is 10.5. The number of hydrogen-bond donors (Lipinski definition) is 7. The molecule has 4 aromatic carbocycles. The number of carboxylic acids is 2. The van der Waals surface area contributed by atoms with E-state index in [1.165, 1.54) is 60.7 Å². The highest BCUT2D eigenvalue weighted by molar-refractivity contribution is 7.86. The summed E-state index contributed by atoms with van der Waals surface area (Å²) in [4.78, 5) is 34.2. The van der Waals surface area contributed by atoms with Crippen molar-refractivity contribution >= 4 is 67.5 Å². The number of carboxylic acid groups (broad SMARTS) is 2. The molecule has 0 saturated carbocycles. The number of anilines is 4. The average molecular weight is 633 g/mol. The zero-order valence-electron chi connectivity index (χ0n) is 22.5. The fraction of sp³-hybridized carbons (Fsp3) is 0. The third-order valence-electron chi connectivity index (χ3n) is 6.14. The smallest absolute Gasteiger partial charge is 0.337 e. The number of nitrogens with zero attached hydrogens (tertiary/aromatic N) is 5. The molecule has 17 nitrogen and oxygen atoms in total. The lowest BCUT2D eigenvalue weighted by atomic mass is 10.1. The monoisotopic (exact) mass is 632 g/mol. The van der Waals surface area contributed by atoms with Gasteiger partial charge in [-0.3, -0.25) is 0 Å². The van der Waals surface area contributed by atoms with E-state index in [1.807, 2.05) is 0 Å². The van der Waals surface area contributed by atoms with E-state index in [4.69, 9.17) is 5.90 Å². The van der Waals surface area contributed by atoms with Gasteiger partial charge in [-0.2, -0.15) is 33.6 Å². The molecule has 0 atom stereocenters. The van der Waals surface area contributed by atoms with Gasteiger partial charge in [0, 0.05) is 5.39 Å². The number of phenols is 1. The van der Waals surface area contributed by atoms with E-state index in [1.54, 1.807) is 6.07 Å². The minimum atomic E-state index is -4.68. The standard InChI is InChI=1S/C27H20N8O9S/c28-44-45(42,43)19-12-13-6-5-11-18(20(13)22(36)21(19)35-34-17-10-4-2-8-15(17)24(39)40)30-26-31-25(32-27(41)33-26)29-16-9-3-1-7-14(16)23(37)38/h1-12,36H,28H2,(H,37,38)(H,39,40)(H3,29,30,31,32,33,41). The summed E-state index contributed by atoms with van der Waals surface area (Å²) in [5, 5.41) is 53.8. The van der Waals surface area contributed by atoms with E-state index in [2.05, 4.69) is 40.1 Å². The molecule has 5 rings (SSSR count). The summed E-state index contributed by atoms with van der Waals surface area (Å²) >= 11 is 0. The molecule has 0 fully saturated rings. The Balaban J connectivity index is 1.62. The van der Waals surface area contributed by atoms with Gasteiger partial charge < -0.3 is 31.1 Å². The number of carbonyl (C=O) groups is 2. The van der Waals surface area contributed by atoms with Gasteiger partial charge in [-0.05, 0) is 41.8 Å². The summed E-state index contributed by atoms with van der Waals surface area (Å²) in [6, 6.07) is 16.2. The Kier molecular flexibility index (Phi) is 8.17. The Bertz CT molecular complexity index is 2120. The number of phenolic OH excluding ortho intramolecular Hbond substituents is 1. The van der Waals surface area contributed by atoms with Crippen LogP contribution in [0.1, 0.15) is 20.7 Å². The number of nitrogens with one attached hydrogen (secondary N) is 2. The van der Waals surface area contributed by atoms with Gasteiger partial charge in [0.25, 0.3) is 0 Å². The molecule has 1 aromatic heterocycles. The van der Waals surface area contributed by atoms with Crippen molar-refractivity contribution in [3.8, 4) is 11.8 Å². The quantitative estimate of drug-likeness (QED) is 0.0834. The number of benzene rings is 4. The van der Waals surface area contributed by atoms with Gasteiger partial charge in [0.05, 0.1) is 22.5 Å². The second-order valence-electron chi connectivity index (χ2n) is 8.93. The van der Waals surface area contributed by atoms with Crippen molar-refractivity contribution in [2.24, 2.45) is 16.1 Å². The van der Waals surface area contributed by atoms with Crippen molar-refractivity contribution in [2.75, 3.05) is 10.6 Å². The van der Waals surface area contributed by atoms with Crippen molar-refractivity contribution < 1.29 is 42.7 Å². The van der Waals surface area contributed by atoms with E-state index in [0.29, 0.717) is 0 Å². The summed E-state index contributed by atoms with van der Waals surface area (Å²) < 4.78 is 29.6. The molecule has 0 aliphatic heterocycles. The zero-order valence-corrected chi connectivity index (χ0v) is 23.3. The van der Waals surface area contributed by atoms with Crippen molar-refractivity contribution in [2.45, 2.75) is 4.90 Å². The van der Waals surface area contributed by atoms with Crippen LogP contribution in [0.4, 0.5) is 34.6 Å². The highest BCUT2D eigenvalue weighted by Gasteiger charge is 2.26. The second kappa shape index (κ2) is 12.2. The first-order valence-electron chi connectivity index (χ1n) is 12.5. The predicted molar refractivity (Wildman–Crippen MR) is 157 cm³/mol. The fourth-order valence-corrected chi connectivity index (χ4v) is 4.93. The molecule has 0 amide bonds. The van der Waals surface area contributed by atoms with E-state index in [0.717, 1.165) is 6.07 Å². The van der Waals surface area contributed by atoms with Crippen LogP contribution >= 0.6 is 0 Å². The predicted octanol–water partition coefficient (Wildman–Crippen LogP) is 4.31. The first-order chi connectivity index (χ1) is 21.5. The molecule has 0 unspecified atom stereocenters. The third kappa shape index (κ3) is 6.27. The maximum atomic E-state index is 12.7. The maximum absolute atomic E-state index is 12.7. The lowest BCUT2D eigenvalue weighted by molar-refractivity contribution is 0.0687. The van der Waals surface area contributed by atoms with Crippen LogP contribution in [0.15, 0.2) is 87.9 Å². The highest BCUT2D eigenvalue weighted by Crippen LogP contribution is 2.45. The van der Waals surface area contributed by atoms with Crippen molar-refractivity contribution in [1.82, 2.24) is 15.0 Å². The number of nitrogens with two attached hydrogens (primary N) is 1. The zero-order chi connectivity index (χ0) is 32.3. The molecule has 8 N–H and O–H groups in total. The highest BCUT2D eigenvalue weighted by atomic mass is 32.2. The molecule has 0 radical (unpaired) electrons. The van der Waals surface area contributed by atoms with Gasteiger partial charge in [-0.15, -0.1) is 10.2 Å². The van der Waals surface area contributed by atoms with Gasteiger partial charge >= 0.3 is 28.1 Å². The number of fused-ring (bicyclic) bond motifs is 1. The number of aromatic hydroxyl groups is 2. The molecule has 45 heavy (non-hydrogen) atoms. The fourth-order valence-electron chi connectivity index (χ4n) is 4.18. The summed E-state index contributed by atoms with van der Waals surface area (Å²) in [6.07, 6.45) is 0. The molecule has 0 spiro atoms. The molecule has 0 saturated heterocycles. The molecule has 1 heterocycles. The lowest BCUT2D eigenvalue weighted by Crippen LogP contribution is -2.11. The van der Waals surface area contributed by atoms with Crippen LogP contribution in [-0.2, 0) is 14.4 Å². The third-order valence-corrected chi connectivity index (χ3v) is 7.24. The number of azo groups is 1. The van der Waals surface area contributed by atoms with Crippen LogP contribution < -0.4 is 16.5 Å². The Hall–Kier alpha value is -6.24. The van der Waals surface area contributed by atoms with E-state index in [9.17, 15) is 38.4 Å². The maximum Gasteiger partial charge on any atom is 0.337 e. The summed E-state index contributed by atoms with van der Waals surface area (Å²) in [5.74, 6) is 1.24.